The summed E-state index contributed by atoms with van der Waals surface area (Å²) in [5.41, 5.74) is 2.77. The van der Waals surface area contributed by atoms with Gasteiger partial charge in [0.25, 0.3) is 0 Å². The van der Waals surface area contributed by atoms with E-state index in [4.69, 9.17) is 23.2 Å². The zero-order valence-electron chi connectivity index (χ0n) is 10.9. The van der Waals surface area contributed by atoms with Crippen molar-refractivity contribution in [1.82, 2.24) is 9.55 Å². The zero-order valence-corrected chi connectivity index (χ0v) is 15.6. The van der Waals surface area contributed by atoms with E-state index >= 15 is 0 Å². The van der Waals surface area contributed by atoms with Crippen molar-refractivity contribution in [3.63, 3.8) is 0 Å². The molecule has 0 aliphatic heterocycles. The van der Waals surface area contributed by atoms with Crippen molar-refractivity contribution in [1.29, 1.82) is 0 Å². The van der Waals surface area contributed by atoms with Crippen LogP contribution in [0.3, 0.4) is 0 Å². The van der Waals surface area contributed by atoms with Gasteiger partial charge in [0.05, 0.1) is 22.1 Å². The van der Waals surface area contributed by atoms with E-state index in [0.717, 1.165) is 31.5 Å². The Morgan fingerprint density at radius 2 is 1.90 bits per heavy atom. The Labute approximate surface area is 149 Å². The molecule has 1 heterocycles. The number of benzene rings is 2. The van der Waals surface area contributed by atoms with Crippen LogP contribution in [0.4, 0.5) is 0 Å². The van der Waals surface area contributed by atoms with E-state index in [1.165, 1.54) is 0 Å². The summed E-state index contributed by atoms with van der Waals surface area (Å²) in [6, 6.07) is 11.6. The van der Waals surface area contributed by atoms with Crippen LogP contribution in [0.2, 0.25) is 5.02 Å². The third-order valence-electron chi connectivity index (χ3n) is 3.15. The predicted octanol–water partition coefficient (Wildman–Crippen LogP) is 6.50. The second kappa shape index (κ2) is 5.92. The summed E-state index contributed by atoms with van der Waals surface area (Å²) >= 11 is 19.6. The van der Waals surface area contributed by atoms with Crippen molar-refractivity contribution in [3.05, 3.63) is 56.2 Å². The molecule has 1 aromatic heterocycles. The van der Waals surface area contributed by atoms with Gasteiger partial charge in [0.15, 0.2) is 0 Å². The third kappa shape index (κ3) is 2.87. The Morgan fingerprint density at radius 3 is 2.62 bits per heavy atom. The van der Waals surface area contributed by atoms with E-state index in [2.05, 4.69) is 36.8 Å². The van der Waals surface area contributed by atoms with Crippen molar-refractivity contribution in [3.8, 4) is 5.69 Å². The molecule has 0 aliphatic rings. The maximum absolute atomic E-state index is 6.32. The molecule has 1 atom stereocenters. The molecule has 0 spiro atoms. The number of alkyl halides is 1. The van der Waals surface area contributed by atoms with E-state index in [1.807, 2.05) is 47.9 Å². The zero-order chi connectivity index (χ0) is 15.1. The smallest absolute Gasteiger partial charge is 0.132 e. The van der Waals surface area contributed by atoms with E-state index in [-0.39, 0.29) is 5.38 Å². The fourth-order valence-corrected chi connectivity index (χ4v) is 3.33. The molecule has 1 unspecified atom stereocenters. The van der Waals surface area contributed by atoms with Crippen molar-refractivity contribution in [2.45, 2.75) is 12.3 Å². The van der Waals surface area contributed by atoms with Crippen molar-refractivity contribution in [2.75, 3.05) is 0 Å². The van der Waals surface area contributed by atoms with Gasteiger partial charge >= 0.3 is 0 Å². The molecule has 6 heteroatoms. The van der Waals surface area contributed by atoms with Crippen molar-refractivity contribution >= 4 is 66.1 Å². The monoisotopic (exact) mass is 446 g/mol. The number of fused-ring (bicyclic) bond motifs is 1. The lowest BCUT2D eigenvalue weighted by Gasteiger charge is -2.13. The molecule has 0 radical (unpaired) electrons. The van der Waals surface area contributed by atoms with Gasteiger partial charge in [0.2, 0.25) is 0 Å². The van der Waals surface area contributed by atoms with Crippen LogP contribution in [0.5, 0.6) is 0 Å². The van der Waals surface area contributed by atoms with Crippen molar-refractivity contribution < 1.29 is 0 Å². The molecule has 21 heavy (non-hydrogen) atoms. The first kappa shape index (κ1) is 15.3. The average molecular weight is 449 g/mol. The first-order valence-corrected chi connectivity index (χ1v) is 8.65. The third-order valence-corrected chi connectivity index (χ3v) is 4.74. The number of hydrogen-bond donors (Lipinski definition) is 0. The maximum Gasteiger partial charge on any atom is 0.132 e. The van der Waals surface area contributed by atoms with E-state index in [0.29, 0.717) is 5.02 Å². The molecule has 0 saturated heterocycles. The van der Waals surface area contributed by atoms with Crippen LogP contribution in [0, 0.1) is 0 Å². The van der Waals surface area contributed by atoms with E-state index < -0.39 is 0 Å². The maximum atomic E-state index is 6.32. The summed E-state index contributed by atoms with van der Waals surface area (Å²) < 4.78 is 3.98. The summed E-state index contributed by atoms with van der Waals surface area (Å²) in [6.45, 7) is 1.91. The Hall–Kier alpha value is -0.550. The highest BCUT2D eigenvalue weighted by atomic mass is 79.9. The number of imidazole rings is 1. The van der Waals surface area contributed by atoms with Gasteiger partial charge < -0.3 is 0 Å². The Morgan fingerprint density at radius 1 is 1.14 bits per heavy atom. The number of aromatic nitrogens is 2. The largest absolute Gasteiger partial charge is 0.294 e. The molecule has 2 nitrogen and oxygen atoms in total. The molecule has 3 aromatic rings. The topological polar surface area (TPSA) is 17.8 Å². The molecule has 2 aromatic carbocycles. The minimum absolute atomic E-state index is 0.220. The number of halogens is 4. The normalized spacial score (nSPS) is 12.8. The Kier molecular flexibility index (Phi) is 4.33. The highest BCUT2D eigenvalue weighted by Gasteiger charge is 2.18. The molecule has 0 amide bonds. The molecule has 0 saturated carbocycles. The molecule has 3 rings (SSSR count). The fraction of sp³-hybridized carbons (Fsp3) is 0.133. The molecular formula is C15H10Br2Cl2N2. The molecular weight excluding hydrogens is 439 g/mol. The lowest BCUT2D eigenvalue weighted by molar-refractivity contribution is 0.880. The summed E-state index contributed by atoms with van der Waals surface area (Å²) in [4.78, 5) is 4.64. The lowest BCUT2D eigenvalue weighted by Crippen LogP contribution is -2.02. The van der Waals surface area contributed by atoms with E-state index in [9.17, 15) is 0 Å². The minimum Gasteiger partial charge on any atom is -0.294 e. The number of nitrogens with zero attached hydrogens (tertiary/aromatic N) is 2. The summed E-state index contributed by atoms with van der Waals surface area (Å²) in [5, 5.41) is 0.450. The van der Waals surface area contributed by atoms with Crippen LogP contribution in [-0.2, 0) is 0 Å². The Balaban J connectivity index is 2.41. The van der Waals surface area contributed by atoms with Crippen LogP contribution in [0.1, 0.15) is 18.1 Å². The molecule has 0 fully saturated rings. The van der Waals surface area contributed by atoms with Gasteiger partial charge in [-0.2, -0.15) is 0 Å². The molecule has 0 aliphatic carbocycles. The van der Waals surface area contributed by atoms with Gasteiger partial charge in [-0.25, -0.2) is 4.98 Å². The van der Waals surface area contributed by atoms with Crippen LogP contribution >= 0.6 is 55.1 Å². The first-order valence-electron chi connectivity index (χ1n) is 6.25. The Bertz CT molecular complexity index is 828. The number of rotatable bonds is 2. The quantitative estimate of drug-likeness (QED) is 0.409. The number of hydrogen-bond acceptors (Lipinski definition) is 1. The highest BCUT2D eigenvalue weighted by molar-refractivity contribution is 9.11. The standard InChI is InChI=1S/C15H10Br2Cl2N2/c1-8(18)15-20-12-5-3-10(19)7-14(12)21(15)13-6-9(16)2-4-11(13)17/h2-8H,1H3. The summed E-state index contributed by atoms with van der Waals surface area (Å²) in [5.74, 6) is 0.785. The van der Waals surface area contributed by atoms with Gasteiger partial charge in [-0.05, 0) is 59.3 Å². The SMILES string of the molecule is CC(Cl)c1nc2ccc(Cl)cc2n1-c1cc(Br)ccc1Br. The van der Waals surface area contributed by atoms with Gasteiger partial charge in [0, 0.05) is 14.0 Å². The van der Waals surface area contributed by atoms with Crippen LogP contribution in [-0.4, -0.2) is 9.55 Å². The van der Waals surface area contributed by atoms with Gasteiger partial charge in [-0.3, -0.25) is 4.57 Å². The molecule has 0 bridgehead atoms. The van der Waals surface area contributed by atoms with Crippen LogP contribution in [0.15, 0.2) is 45.3 Å². The molecule has 0 N–H and O–H groups in total. The van der Waals surface area contributed by atoms with Gasteiger partial charge in [-0.15, -0.1) is 11.6 Å². The molecule has 108 valence electrons. The van der Waals surface area contributed by atoms with E-state index in [1.54, 1.807) is 0 Å². The minimum atomic E-state index is -0.220. The second-order valence-corrected chi connectivity index (χ2v) is 7.51. The average Bonchev–Trinajstić information content (AvgIpc) is 2.80. The van der Waals surface area contributed by atoms with Crippen LogP contribution in [0.25, 0.3) is 16.7 Å². The lowest BCUT2D eigenvalue weighted by atomic mass is 10.2. The fourth-order valence-electron chi connectivity index (χ4n) is 2.24. The second-order valence-electron chi connectivity index (χ2n) is 4.65. The van der Waals surface area contributed by atoms with Crippen molar-refractivity contribution in [2.24, 2.45) is 0 Å². The first-order chi connectivity index (χ1) is 9.97. The summed E-state index contributed by atoms with van der Waals surface area (Å²) in [6.07, 6.45) is 0. The van der Waals surface area contributed by atoms with Crippen LogP contribution < -0.4 is 0 Å². The summed E-state index contributed by atoms with van der Waals surface area (Å²) in [7, 11) is 0. The van der Waals surface area contributed by atoms with Gasteiger partial charge in [0.1, 0.15) is 5.82 Å². The predicted molar refractivity (Wildman–Crippen MR) is 95.7 cm³/mol. The van der Waals surface area contributed by atoms with Gasteiger partial charge in [-0.1, -0.05) is 27.5 Å². The highest BCUT2D eigenvalue weighted by Crippen LogP contribution is 2.34.